The fraction of sp³-hybridized carbons (Fsp3) is 0.611. The first-order valence-electron chi connectivity index (χ1n) is 17.2. The summed E-state index contributed by atoms with van der Waals surface area (Å²) in [5, 5.41) is 0. The lowest BCUT2D eigenvalue weighted by molar-refractivity contribution is -0.345. The minimum absolute atomic E-state index is 0.0182. The van der Waals surface area contributed by atoms with Crippen molar-refractivity contribution in [2.24, 2.45) is 0 Å². The Morgan fingerprint density at radius 1 is 0.491 bits per heavy atom. The highest BCUT2D eigenvalue weighted by atomic mass is 16.8. The monoisotopic (exact) mass is 782 g/mol. The van der Waals surface area contributed by atoms with Crippen LogP contribution >= 0.6 is 0 Å². The average Bonchev–Trinajstić information content (AvgIpc) is 3.08. The number of rotatable bonds is 16. The van der Waals surface area contributed by atoms with Gasteiger partial charge in [-0.25, -0.2) is 0 Å². The van der Waals surface area contributed by atoms with Gasteiger partial charge in [-0.05, 0) is 12.0 Å². The first-order chi connectivity index (χ1) is 25.9. The van der Waals surface area contributed by atoms with E-state index in [0.717, 1.165) is 54.0 Å². The van der Waals surface area contributed by atoms with Crippen LogP contribution < -0.4 is 0 Å². The Bertz CT molecular complexity index is 1530. The maximum absolute atomic E-state index is 12.8. The molecule has 2 saturated heterocycles. The van der Waals surface area contributed by atoms with E-state index in [9.17, 15) is 38.4 Å². The summed E-state index contributed by atoms with van der Waals surface area (Å²) in [6.07, 6.45) is -15.7. The fourth-order valence-corrected chi connectivity index (χ4v) is 5.90. The Labute approximate surface area is 316 Å². The molecule has 2 aliphatic rings. The molecule has 55 heavy (non-hydrogen) atoms. The summed E-state index contributed by atoms with van der Waals surface area (Å²) in [6, 6.07) is 8.90. The predicted molar refractivity (Wildman–Crippen MR) is 179 cm³/mol. The molecule has 0 amide bonds. The lowest BCUT2D eigenvalue weighted by atomic mass is 9.91. The smallest absolute Gasteiger partial charge is 0.306 e. The van der Waals surface area contributed by atoms with Crippen LogP contribution in [0.3, 0.4) is 0 Å². The third-order valence-electron chi connectivity index (χ3n) is 7.90. The van der Waals surface area contributed by atoms with Crippen molar-refractivity contribution < 1.29 is 90.5 Å². The van der Waals surface area contributed by atoms with Gasteiger partial charge >= 0.3 is 47.8 Å². The van der Waals surface area contributed by atoms with E-state index in [1.54, 1.807) is 30.3 Å². The number of esters is 8. The zero-order valence-corrected chi connectivity index (χ0v) is 31.5. The molecule has 304 valence electrons. The second-order valence-electron chi connectivity index (χ2n) is 12.5. The third-order valence-corrected chi connectivity index (χ3v) is 7.90. The lowest BCUT2D eigenvalue weighted by Crippen LogP contribution is -2.67. The summed E-state index contributed by atoms with van der Waals surface area (Å²) in [5.74, 6) is -6.56. The van der Waals surface area contributed by atoms with Gasteiger partial charge in [0.2, 0.25) is 0 Å². The molecular weight excluding hydrogens is 736 g/mol. The second kappa shape index (κ2) is 21.1. The molecule has 0 aromatic heterocycles. The molecule has 10 atom stereocenters. The number of carbonyl (C=O) groups excluding carboxylic acids is 8. The predicted octanol–water partition coefficient (Wildman–Crippen LogP) is 1.17. The molecule has 2 aliphatic heterocycles. The van der Waals surface area contributed by atoms with E-state index in [1.165, 1.54) is 0 Å². The molecule has 0 bridgehead atoms. The van der Waals surface area contributed by atoms with Crippen molar-refractivity contribution in [3.8, 4) is 0 Å². The van der Waals surface area contributed by atoms with Crippen molar-refractivity contribution in [2.75, 3.05) is 13.2 Å². The zero-order valence-electron chi connectivity index (χ0n) is 31.5. The van der Waals surface area contributed by atoms with Crippen molar-refractivity contribution >= 4 is 47.8 Å². The lowest BCUT2D eigenvalue weighted by Gasteiger charge is -2.49. The van der Waals surface area contributed by atoms with Gasteiger partial charge in [0.1, 0.15) is 38.1 Å². The topological polar surface area (TPSA) is 238 Å². The van der Waals surface area contributed by atoms with Crippen molar-refractivity contribution in [1.82, 2.24) is 0 Å². The SMILES string of the molecule is CC(=O)OC[C@H]1O[C@@H](O[C@H]2[C@H](OC(C)=O)[C@@H](OC(C)=O)[C@@H](CCC(=O)OCc3ccccc3)O[C@@H]2COC(C)=O)[C@H](OC(C)=O)[C@@H](OC(C)=O)[C@H]1OC(C)=O. The Morgan fingerprint density at radius 3 is 1.42 bits per heavy atom. The van der Waals surface area contributed by atoms with Crippen molar-refractivity contribution in [3.63, 3.8) is 0 Å². The quantitative estimate of drug-likeness (QED) is 0.169. The molecular formula is C36H46O19. The molecule has 0 unspecified atom stereocenters. The molecule has 0 saturated carbocycles. The Morgan fingerprint density at radius 2 is 0.927 bits per heavy atom. The van der Waals surface area contributed by atoms with E-state index in [2.05, 4.69) is 0 Å². The first kappa shape index (κ1) is 44.3. The summed E-state index contributed by atoms with van der Waals surface area (Å²) < 4.78 is 62.0. The van der Waals surface area contributed by atoms with Crippen LogP contribution in [-0.2, 0) is 97.1 Å². The molecule has 1 aromatic rings. The molecule has 0 aliphatic carbocycles. The van der Waals surface area contributed by atoms with Crippen LogP contribution in [0.4, 0.5) is 0 Å². The van der Waals surface area contributed by atoms with Gasteiger partial charge in [-0.15, -0.1) is 0 Å². The van der Waals surface area contributed by atoms with Crippen LogP contribution in [0.2, 0.25) is 0 Å². The van der Waals surface area contributed by atoms with Crippen LogP contribution in [0.25, 0.3) is 0 Å². The Balaban J connectivity index is 2.06. The van der Waals surface area contributed by atoms with Crippen LogP contribution in [0.15, 0.2) is 30.3 Å². The molecule has 2 heterocycles. The van der Waals surface area contributed by atoms with Crippen LogP contribution in [0.1, 0.15) is 66.9 Å². The van der Waals surface area contributed by atoms with Gasteiger partial charge in [0.25, 0.3) is 0 Å². The van der Waals surface area contributed by atoms with Crippen molar-refractivity contribution in [3.05, 3.63) is 35.9 Å². The summed E-state index contributed by atoms with van der Waals surface area (Å²) in [7, 11) is 0. The van der Waals surface area contributed by atoms with Crippen LogP contribution in [0, 0.1) is 0 Å². The van der Waals surface area contributed by atoms with Gasteiger partial charge in [0.15, 0.2) is 36.8 Å². The van der Waals surface area contributed by atoms with E-state index in [0.29, 0.717) is 0 Å². The number of hydrogen-bond acceptors (Lipinski definition) is 19. The Hall–Kier alpha value is -5.14. The maximum atomic E-state index is 12.8. The van der Waals surface area contributed by atoms with E-state index >= 15 is 0 Å². The highest BCUT2D eigenvalue weighted by Crippen LogP contribution is 2.36. The van der Waals surface area contributed by atoms with Gasteiger partial charge in [0.05, 0.1) is 6.10 Å². The number of carbonyl (C=O) groups is 8. The number of benzene rings is 1. The van der Waals surface area contributed by atoms with Crippen LogP contribution in [-0.4, -0.2) is 122 Å². The molecule has 0 N–H and O–H groups in total. The third kappa shape index (κ3) is 14.2. The van der Waals surface area contributed by atoms with Crippen LogP contribution in [0.5, 0.6) is 0 Å². The maximum Gasteiger partial charge on any atom is 0.306 e. The molecule has 3 rings (SSSR count). The fourth-order valence-electron chi connectivity index (χ4n) is 5.90. The van der Waals surface area contributed by atoms with Gasteiger partial charge in [-0.3, -0.25) is 38.4 Å². The second-order valence-corrected chi connectivity index (χ2v) is 12.5. The number of hydrogen-bond donors (Lipinski definition) is 0. The first-order valence-corrected chi connectivity index (χ1v) is 17.2. The molecule has 1 aromatic carbocycles. The number of ether oxygens (including phenoxy) is 11. The van der Waals surface area contributed by atoms with E-state index in [4.69, 9.17) is 52.1 Å². The molecule has 0 radical (unpaired) electrons. The highest BCUT2D eigenvalue weighted by Gasteiger charge is 2.57. The van der Waals surface area contributed by atoms with Gasteiger partial charge in [0, 0.05) is 54.9 Å². The minimum Gasteiger partial charge on any atom is -0.463 e. The summed E-state index contributed by atoms with van der Waals surface area (Å²) in [4.78, 5) is 98.6. The van der Waals surface area contributed by atoms with E-state index < -0.39 is 122 Å². The van der Waals surface area contributed by atoms with E-state index in [1.807, 2.05) is 0 Å². The summed E-state index contributed by atoms with van der Waals surface area (Å²) in [5.41, 5.74) is 0.737. The average molecular weight is 783 g/mol. The normalized spacial score (nSPS) is 27.3. The minimum atomic E-state index is -1.81. The van der Waals surface area contributed by atoms with Gasteiger partial charge in [-0.1, -0.05) is 30.3 Å². The standard InChI is InChI=1S/C36H46O19/c1-18(37)45-16-27-32(55-36-35(52-24(7)43)34(51-23(6)42)31(49-21(4)40)28(54-36)17-46-19(2)38)33(50-22(5)41)30(48-20(3)39)26(53-27)13-14-29(44)47-15-25-11-9-8-10-12-25/h8-12,26-28,30-36H,13-17H2,1-7H3/t26-,27-,28-,30+,31+,32-,33-,34+,35-,36+/m1/s1. The summed E-state index contributed by atoms with van der Waals surface area (Å²) >= 11 is 0. The Kier molecular flexibility index (Phi) is 17.0. The van der Waals surface area contributed by atoms with Gasteiger partial charge < -0.3 is 52.1 Å². The van der Waals surface area contributed by atoms with Crippen molar-refractivity contribution in [1.29, 1.82) is 0 Å². The largest absolute Gasteiger partial charge is 0.463 e. The van der Waals surface area contributed by atoms with Crippen molar-refractivity contribution in [2.45, 2.75) is 129 Å². The zero-order chi connectivity index (χ0) is 40.8. The van der Waals surface area contributed by atoms with Gasteiger partial charge in [-0.2, -0.15) is 0 Å². The molecule has 0 spiro atoms. The molecule has 19 nitrogen and oxygen atoms in total. The highest BCUT2D eigenvalue weighted by molar-refractivity contribution is 5.70. The van der Waals surface area contributed by atoms with E-state index in [-0.39, 0.29) is 19.4 Å². The molecule has 2 fully saturated rings. The molecule has 19 heteroatoms. The summed E-state index contributed by atoms with van der Waals surface area (Å²) in [6.45, 7) is 6.30.